The lowest BCUT2D eigenvalue weighted by Crippen LogP contribution is -2.15. The van der Waals surface area contributed by atoms with E-state index < -0.39 is 0 Å². The molecule has 1 heterocycles. The molecule has 0 saturated carbocycles. The van der Waals surface area contributed by atoms with Crippen LogP contribution in [0.5, 0.6) is 0 Å². The predicted octanol–water partition coefficient (Wildman–Crippen LogP) is 3.33. The fourth-order valence-corrected chi connectivity index (χ4v) is 2.53. The molecule has 0 saturated heterocycles. The molecule has 5 nitrogen and oxygen atoms in total. The van der Waals surface area contributed by atoms with Gasteiger partial charge in [-0.2, -0.15) is 5.10 Å². The molecular formula is C19H19FN4O. The van der Waals surface area contributed by atoms with E-state index >= 15 is 0 Å². The molecule has 0 fully saturated rings. The standard InChI is InChI=1S/C19H19FN4O/c1-12-4-3-5-14(8-12)9-17-22-18(24-23-17)11-19(25)21-15-7-6-13(2)16(20)10-15/h3-8,10H,9,11H2,1-2H3,(H,21,25)(H,22,23,24). The Kier molecular flexibility index (Phi) is 4.88. The molecular weight excluding hydrogens is 319 g/mol. The maximum atomic E-state index is 13.5. The van der Waals surface area contributed by atoms with Gasteiger partial charge < -0.3 is 5.32 Å². The summed E-state index contributed by atoms with van der Waals surface area (Å²) in [6.07, 6.45) is 0.652. The van der Waals surface area contributed by atoms with Crippen molar-refractivity contribution in [2.45, 2.75) is 26.7 Å². The highest BCUT2D eigenvalue weighted by Gasteiger charge is 2.10. The maximum absolute atomic E-state index is 13.5. The van der Waals surface area contributed by atoms with E-state index in [1.54, 1.807) is 19.1 Å². The van der Waals surface area contributed by atoms with Crippen LogP contribution < -0.4 is 5.32 Å². The van der Waals surface area contributed by atoms with E-state index in [0.717, 1.165) is 5.56 Å². The fourth-order valence-electron chi connectivity index (χ4n) is 2.53. The molecule has 25 heavy (non-hydrogen) atoms. The molecule has 3 rings (SSSR count). The lowest BCUT2D eigenvalue weighted by Gasteiger charge is -2.05. The Morgan fingerprint density at radius 3 is 2.80 bits per heavy atom. The highest BCUT2D eigenvalue weighted by atomic mass is 19.1. The smallest absolute Gasteiger partial charge is 0.232 e. The number of aromatic nitrogens is 3. The second-order valence-corrected chi connectivity index (χ2v) is 6.05. The number of carbonyl (C=O) groups is 1. The number of hydrogen-bond donors (Lipinski definition) is 2. The van der Waals surface area contributed by atoms with Gasteiger partial charge in [0.05, 0.1) is 6.42 Å². The number of carbonyl (C=O) groups excluding carboxylic acids is 1. The number of H-pyrrole nitrogens is 1. The number of aromatic amines is 1. The van der Waals surface area contributed by atoms with E-state index in [4.69, 9.17) is 0 Å². The summed E-state index contributed by atoms with van der Waals surface area (Å²) in [4.78, 5) is 16.4. The molecule has 2 N–H and O–H groups in total. The van der Waals surface area contributed by atoms with Gasteiger partial charge >= 0.3 is 0 Å². The molecule has 0 bridgehead atoms. The number of nitrogens with zero attached hydrogens (tertiary/aromatic N) is 2. The van der Waals surface area contributed by atoms with Crippen molar-refractivity contribution in [2.75, 3.05) is 5.32 Å². The van der Waals surface area contributed by atoms with Crippen molar-refractivity contribution in [3.8, 4) is 0 Å². The van der Waals surface area contributed by atoms with Gasteiger partial charge in [-0.15, -0.1) is 0 Å². The molecule has 0 aliphatic carbocycles. The van der Waals surface area contributed by atoms with Crippen LogP contribution in [0.4, 0.5) is 10.1 Å². The fraction of sp³-hybridized carbons (Fsp3) is 0.211. The Balaban J connectivity index is 1.60. The van der Waals surface area contributed by atoms with E-state index in [1.165, 1.54) is 11.6 Å². The first-order valence-corrected chi connectivity index (χ1v) is 8.01. The van der Waals surface area contributed by atoms with Gasteiger partial charge in [-0.3, -0.25) is 9.89 Å². The van der Waals surface area contributed by atoms with Gasteiger partial charge in [0.2, 0.25) is 5.91 Å². The highest BCUT2D eigenvalue weighted by molar-refractivity contribution is 5.91. The zero-order valence-corrected chi connectivity index (χ0v) is 14.1. The molecule has 0 aliphatic heterocycles. The normalized spacial score (nSPS) is 10.7. The molecule has 1 amide bonds. The van der Waals surface area contributed by atoms with Crippen LogP contribution in [-0.4, -0.2) is 21.1 Å². The van der Waals surface area contributed by atoms with Crippen molar-refractivity contribution >= 4 is 11.6 Å². The van der Waals surface area contributed by atoms with Crippen LogP contribution in [-0.2, 0) is 17.6 Å². The largest absolute Gasteiger partial charge is 0.326 e. The highest BCUT2D eigenvalue weighted by Crippen LogP contribution is 2.14. The number of benzene rings is 2. The van der Waals surface area contributed by atoms with E-state index in [9.17, 15) is 9.18 Å². The minimum Gasteiger partial charge on any atom is -0.326 e. The number of rotatable bonds is 5. The van der Waals surface area contributed by atoms with E-state index in [2.05, 4.69) is 26.6 Å². The minimum absolute atomic E-state index is 0.0276. The third-order valence-corrected chi connectivity index (χ3v) is 3.81. The third kappa shape index (κ3) is 4.50. The summed E-state index contributed by atoms with van der Waals surface area (Å²) in [6.45, 7) is 3.71. The van der Waals surface area contributed by atoms with Crippen LogP contribution in [0, 0.1) is 19.7 Å². The van der Waals surface area contributed by atoms with Crippen molar-refractivity contribution in [3.05, 3.63) is 76.6 Å². The van der Waals surface area contributed by atoms with Crippen LogP contribution in [0.25, 0.3) is 0 Å². The second kappa shape index (κ2) is 7.25. The molecule has 0 aliphatic rings. The van der Waals surface area contributed by atoms with Gasteiger partial charge in [-0.1, -0.05) is 35.9 Å². The molecule has 128 valence electrons. The molecule has 1 aromatic heterocycles. The first kappa shape index (κ1) is 16.8. The summed E-state index contributed by atoms with van der Waals surface area (Å²) >= 11 is 0. The maximum Gasteiger partial charge on any atom is 0.232 e. The number of aryl methyl sites for hydroxylation is 2. The van der Waals surface area contributed by atoms with E-state index in [0.29, 0.717) is 29.3 Å². The van der Waals surface area contributed by atoms with E-state index in [1.807, 2.05) is 25.1 Å². The molecule has 2 aromatic carbocycles. The van der Waals surface area contributed by atoms with Gasteiger partial charge in [0, 0.05) is 12.1 Å². The van der Waals surface area contributed by atoms with Crippen molar-refractivity contribution in [1.29, 1.82) is 0 Å². The SMILES string of the molecule is Cc1cccc(Cc2nc(CC(=O)Nc3ccc(C)c(F)c3)n[nH]2)c1. The average Bonchev–Trinajstić information content (AvgIpc) is 2.98. The monoisotopic (exact) mass is 338 g/mol. The second-order valence-electron chi connectivity index (χ2n) is 6.05. The van der Waals surface area contributed by atoms with Crippen molar-refractivity contribution < 1.29 is 9.18 Å². The molecule has 0 unspecified atom stereocenters. The summed E-state index contributed by atoms with van der Waals surface area (Å²) in [5.41, 5.74) is 3.26. The zero-order valence-electron chi connectivity index (χ0n) is 14.1. The Hall–Kier alpha value is -3.02. The number of halogens is 1. The number of anilines is 1. The lowest BCUT2D eigenvalue weighted by molar-refractivity contribution is -0.115. The number of amides is 1. The lowest BCUT2D eigenvalue weighted by atomic mass is 10.1. The topological polar surface area (TPSA) is 70.7 Å². The summed E-state index contributed by atoms with van der Waals surface area (Å²) in [6, 6.07) is 12.7. The minimum atomic E-state index is -0.351. The van der Waals surface area contributed by atoms with Gasteiger partial charge in [0.1, 0.15) is 11.6 Å². The van der Waals surface area contributed by atoms with Crippen LogP contribution in [0.2, 0.25) is 0 Å². The van der Waals surface area contributed by atoms with Gasteiger partial charge in [0.25, 0.3) is 0 Å². The van der Waals surface area contributed by atoms with Crippen LogP contribution in [0.3, 0.4) is 0 Å². The Morgan fingerprint density at radius 1 is 1.20 bits per heavy atom. The summed E-state index contributed by atoms with van der Waals surface area (Å²) in [5, 5.41) is 9.59. The average molecular weight is 338 g/mol. The quantitative estimate of drug-likeness (QED) is 0.749. The van der Waals surface area contributed by atoms with Gasteiger partial charge in [-0.05, 0) is 37.1 Å². The van der Waals surface area contributed by atoms with Crippen molar-refractivity contribution in [1.82, 2.24) is 15.2 Å². The van der Waals surface area contributed by atoms with Gasteiger partial charge in [-0.25, -0.2) is 9.37 Å². The van der Waals surface area contributed by atoms with E-state index in [-0.39, 0.29) is 18.1 Å². The van der Waals surface area contributed by atoms with Crippen LogP contribution in [0.1, 0.15) is 28.3 Å². The van der Waals surface area contributed by atoms with Crippen molar-refractivity contribution in [2.24, 2.45) is 0 Å². The molecule has 0 radical (unpaired) electrons. The van der Waals surface area contributed by atoms with Crippen molar-refractivity contribution in [3.63, 3.8) is 0 Å². The first-order chi connectivity index (χ1) is 12.0. The third-order valence-electron chi connectivity index (χ3n) is 3.81. The Bertz CT molecular complexity index is 904. The number of nitrogens with one attached hydrogen (secondary N) is 2. The zero-order chi connectivity index (χ0) is 17.8. The first-order valence-electron chi connectivity index (χ1n) is 8.01. The predicted molar refractivity (Wildman–Crippen MR) is 93.8 cm³/mol. The molecule has 3 aromatic rings. The molecule has 0 spiro atoms. The Labute approximate surface area is 145 Å². The number of hydrogen-bond acceptors (Lipinski definition) is 3. The Morgan fingerprint density at radius 2 is 2.04 bits per heavy atom. The van der Waals surface area contributed by atoms with Gasteiger partial charge in [0.15, 0.2) is 5.82 Å². The summed E-state index contributed by atoms with van der Waals surface area (Å²) < 4.78 is 13.5. The summed E-state index contributed by atoms with van der Waals surface area (Å²) in [7, 11) is 0. The van der Waals surface area contributed by atoms with Crippen LogP contribution >= 0.6 is 0 Å². The molecule has 0 atom stereocenters. The summed E-state index contributed by atoms with van der Waals surface area (Å²) in [5.74, 6) is 0.475. The van der Waals surface area contributed by atoms with Crippen LogP contribution in [0.15, 0.2) is 42.5 Å². The molecule has 6 heteroatoms.